The number of anilines is 2. The average Bonchev–Trinajstić information content (AvgIpc) is 3.15. The van der Waals surface area contributed by atoms with E-state index in [4.69, 9.17) is 9.84 Å². The fourth-order valence-corrected chi connectivity index (χ4v) is 4.96. The van der Waals surface area contributed by atoms with Crippen LogP contribution >= 0.6 is 0 Å². The summed E-state index contributed by atoms with van der Waals surface area (Å²) in [5, 5.41) is 27.9. The number of sulfonamides is 1. The maximum Gasteiger partial charge on any atom is 0.409 e. The molecule has 0 radical (unpaired) electrons. The van der Waals surface area contributed by atoms with E-state index in [1.54, 1.807) is 20.8 Å². The summed E-state index contributed by atoms with van der Waals surface area (Å²) in [5.41, 5.74) is -0.944. The van der Waals surface area contributed by atoms with Crippen molar-refractivity contribution in [2.45, 2.75) is 50.5 Å². The molecule has 0 saturated heterocycles. The number of rotatable bonds is 10. The van der Waals surface area contributed by atoms with Gasteiger partial charge in [-0.25, -0.2) is 13.2 Å². The number of alkyl halides is 2. The zero-order valence-corrected chi connectivity index (χ0v) is 20.1. The zero-order valence-electron chi connectivity index (χ0n) is 19.2. The Morgan fingerprint density at radius 2 is 2.11 bits per heavy atom. The lowest BCUT2D eigenvalue weighted by atomic mass is 10.1. The molecule has 3 rings (SSSR count). The lowest BCUT2D eigenvalue weighted by Crippen LogP contribution is -2.49. The molecule has 1 aliphatic heterocycles. The SMILES string of the molecule is CCn1cc(S(=O)(=O)N2CC(CNCC(C)(C)O)Oc3ccc(NC(=O)O)cc32)c(OC(F)F)n1. The van der Waals surface area contributed by atoms with E-state index in [2.05, 4.69) is 20.5 Å². The Labute approximate surface area is 200 Å². The molecular weight excluding hydrogens is 492 g/mol. The maximum atomic E-state index is 13.7. The number of carboxylic acid groups (broad SMARTS) is 1. The summed E-state index contributed by atoms with van der Waals surface area (Å²) < 4.78 is 65.6. The van der Waals surface area contributed by atoms with Crippen molar-refractivity contribution >= 4 is 27.5 Å². The van der Waals surface area contributed by atoms with E-state index in [-0.39, 0.29) is 43.3 Å². The first-order valence-electron chi connectivity index (χ1n) is 10.6. The first kappa shape index (κ1) is 26.4. The van der Waals surface area contributed by atoms with Gasteiger partial charge < -0.3 is 25.0 Å². The third kappa shape index (κ3) is 6.49. The van der Waals surface area contributed by atoms with Crippen LogP contribution in [0, 0.1) is 0 Å². The van der Waals surface area contributed by atoms with E-state index >= 15 is 0 Å². The Morgan fingerprint density at radius 3 is 2.71 bits per heavy atom. The Balaban J connectivity index is 2.03. The predicted molar refractivity (Wildman–Crippen MR) is 121 cm³/mol. The van der Waals surface area contributed by atoms with Gasteiger partial charge in [0.15, 0.2) is 4.90 Å². The highest BCUT2D eigenvalue weighted by Crippen LogP contribution is 2.40. The van der Waals surface area contributed by atoms with Gasteiger partial charge in [-0.15, -0.1) is 5.10 Å². The third-order valence-electron chi connectivity index (χ3n) is 4.86. The van der Waals surface area contributed by atoms with Crippen molar-refractivity contribution in [1.82, 2.24) is 15.1 Å². The minimum atomic E-state index is -4.51. The van der Waals surface area contributed by atoms with Gasteiger partial charge in [0, 0.05) is 31.5 Å². The summed E-state index contributed by atoms with van der Waals surface area (Å²) >= 11 is 0. The van der Waals surface area contributed by atoms with Gasteiger partial charge in [-0.1, -0.05) is 0 Å². The normalized spacial score (nSPS) is 16.1. The van der Waals surface area contributed by atoms with Crippen LogP contribution in [0.15, 0.2) is 29.3 Å². The molecule has 194 valence electrons. The predicted octanol–water partition coefficient (Wildman–Crippen LogP) is 1.91. The van der Waals surface area contributed by atoms with Gasteiger partial charge in [0.2, 0.25) is 0 Å². The highest BCUT2D eigenvalue weighted by atomic mass is 32.2. The number of hydrogen-bond acceptors (Lipinski definition) is 8. The zero-order chi connectivity index (χ0) is 26.0. The van der Waals surface area contributed by atoms with Gasteiger partial charge in [0.25, 0.3) is 15.9 Å². The highest BCUT2D eigenvalue weighted by Gasteiger charge is 2.38. The lowest BCUT2D eigenvalue weighted by molar-refractivity contribution is -0.0550. The van der Waals surface area contributed by atoms with E-state index in [1.165, 1.54) is 18.2 Å². The highest BCUT2D eigenvalue weighted by molar-refractivity contribution is 7.93. The molecule has 0 aliphatic carbocycles. The quantitative estimate of drug-likeness (QED) is 0.368. The Bertz CT molecular complexity index is 1170. The van der Waals surface area contributed by atoms with Gasteiger partial charge in [-0.3, -0.25) is 14.3 Å². The van der Waals surface area contributed by atoms with Gasteiger partial charge in [-0.2, -0.15) is 8.78 Å². The number of nitrogens with one attached hydrogen (secondary N) is 2. The number of halogens is 2. The molecule has 1 atom stereocenters. The fourth-order valence-electron chi connectivity index (χ4n) is 3.40. The van der Waals surface area contributed by atoms with Gasteiger partial charge in [0.1, 0.15) is 11.9 Å². The molecule has 4 N–H and O–H groups in total. The first-order chi connectivity index (χ1) is 16.3. The molecule has 2 aromatic rings. The molecule has 15 heteroatoms. The third-order valence-corrected chi connectivity index (χ3v) is 6.62. The number of aliphatic hydroxyl groups is 1. The number of benzene rings is 1. The van der Waals surface area contributed by atoms with Crippen molar-refractivity contribution in [2.75, 3.05) is 29.3 Å². The van der Waals surface area contributed by atoms with E-state index in [9.17, 15) is 27.1 Å². The standard InChI is InChI=1S/C20H27F2N5O7S/c1-4-26-10-16(17(25-26)34-18(21)22)35(31,32)27-9-13(8-23-11-20(2,3)30)33-15-6-5-12(7-14(15)27)24-19(28)29/h5-7,10,13,18,23-24,30H,4,8-9,11H2,1-3H3,(H,28,29). The Hall–Kier alpha value is -3.17. The van der Waals surface area contributed by atoms with Crippen LogP contribution in [0.4, 0.5) is 25.0 Å². The van der Waals surface area contributed by atoms with Gasteiger partial charge in [-0.05, 0) is 39.0 Å². The van der Waals surface area contributed by atoms with E-state index in [0.717, 1.165) is 15.2 Å². The number of aryl methyl sites for hydroxylation is 1. The molecule has 1 unspecified atom stereocenters. The average molecular weight is 520 g/mol. The van der Waals surface area contributed by atoms with Crippen molar-refractivity contribution in [3.05, 3.63) is 24.4 Å². The number of nitrogens with zero attached hydrogens (tertiary/aromatic N) is 3. The van der Waals surface area contributed by atoms with Crippen molar-refractivity contribution in [3.63, 3.8) is 0 Å². The number of aromatic nitrogens is 2. The summed E-state index contributed by atoms with van der Waals surface area (Å²) in [6.45, 7) is 1.85. The summed E-state index contributed by atoms with van der Waals surface area (Å²) in [7, 11) is -4.51. The van der Waals surface area contributed by atoms with Gasteiger partial charge in [0.05, 0.1) is 17.8 Å². The summed E-state index contributed by atoms with van der Waals surface area (Å²) in [5.74, 6) is -0.628. The molecule has 2 heterocycles. The van der Waals surface area contributed by atoms with E-state index in [0.29, 0.717) is 0 Å². The summed E-state index contributed by atoms with van der Waals surface area (Å²) in [6.07, 6.45) is -0.997. The first-order valence-corrected chi connectivity index (χ1v) is 12.0. The van der Waals surface area contributed by atoms with Crippen LogP contribution in [0.3, 0.4) is 0 Å². The van der Waals surface area contributed by atoms with Crippen LogP contribution in [0.5, 0.6) is 11.6 Å². The number of amides is 1. The molecular formula is C20H27F2N5O7S. The molecule has 12 nitrogen and oxygen atoms in total. The molecule has 0 fully saturated rings. The second kappa shape index (κ2) is 10.2. The number of ether oxygens (including phenoxy) is 2. The Kier molecular flexibility index (Phi) is 7.71. The van der Waals surface area contributed by atoms with Crippen molar-refractivity contribution < 1.29 is 41.7 Å². The number of fused-ring (bicyclic) bond motifs is 1. The van der Waals surface area contributed by atoms with Crippen LogP contribution in [0.2, 0.25) is 0 Å². The smallest absolute Gasteiger partial charge is 0.409 e. The molecule has 0 bridgehead atoms. The molecule has 1 amide bonds. The largest absolute Gasteiger partial charge is 0.485 e. The fraction of sp³-hybridized carbons (Fsp3) is 0.500. The lowest BCUT2D eigenvalue weighted by Gasteiger charge is -2.36. The van der Waals surface area contributed by atoms with Crippen LogP contribution in [-0.2, 0) is 16.6 Å². The van der Waals surface area contributed by atoms with Crippen LogP contribution < -0.4 is 24.4 Å². The van der Waals surface area contributed by atoms with Crippen LogP contribution in [0.25, 0.3) is 0 Å². The van der Waals surface area contributed by atoms with Crippen LogP contribution in [-0.4, -0.2) is 72.5 Å². The minimum absolute atomic E-state index is 0.00207. The summed E-state index contributed by atoms with van der Waals surface area (Å²) in [4.78, 5) is 10.5. The molecule has 1 aliphatic rings. The Morgan fingerprint density at radius 1 is 1.40 bits per heavy atom. The van der Waals surface area contributed by atoms with Crippen molar-refractivity contribution in [2.24, 2.45) is 0 Å². The van der Waals surface area contributed by atoms with Crippen LogP contribution in [0.1, 0.15) is 20.8 Å². The molecule has 1 aromatic carbocycles. The number of carbonyl (C=O) groups is 1. The second-order valence-corrected chi connectivity index (χ2v) is 10.2. The second-order valence-electron chi connectivity index (χ2n) is 8.36. The number of hydrogen-bond donors (Lipinski definition) is 4. The molecule has 0 spiro atoms. The van der Waals surface area contributed by atoms with Crippen molar-refractivity contribution in [1.29, 1.82) is 0 Å². The molecule has 35 heavy (non-hydrogen) atoms. The van der Waals surface area contributed by atoms with Gasteiger partial charge >= 0.3 is 12.7 Å². The minimum Gasteiger partial charge on any atom is -0.485 e. The molecule has 0 saturated carbocycles. The van der Waals surface area contributed by atoms with Crippen molar-refractivity contribution in [3.8, 4) is 11.6 Å². The maximum absolute atomic E-state index is 13.7. The topological polar surface area (TPSA) is 155 Å². The monoisotopic (exact) mass is 519 g/mol. The van der Waals surface area contributed by atoms with E-state index < -0.39 is 45.2 Å². The summed E-state index contributed by atoms with van der Waals surface area (Å²) in [6, 6.07) is 4.06. The molecule has 1 aromatic heterocycles. The van der Waals surface area contributed by atoms with E-state index in [1.807, 2.05) is 0 Å².